The molecule has 1 aliphatic rings. The van der Waals surface area contributed by atoms with Crippen molar-refractivity contribution in [1.29, 1.82) is 0 Å². The smallest absolute Gasteiger partial charge is 0.168 e. The Kier molecular flexibility index (Phi) is 5.16. The maximum Gasteiger partial charge on any atom is 0.168 e. The minimum Gasteiger partial charge on any atom is -0.480 e. The van der Waals surface area contributed by atoms with Gasteiger partial charge in [0.25, 0.3) is 0 Å². The Balaban J connectivity index is 1.89. The van der Waals surface area contributed by atoms with Crippen molar-refractivity contribution in [2.24, 2.45) is 0 Å². The van der Waals surface area contributed by atoms with Crippen LogP contribution in [0.15, 0.2) is 42.6 Å². The van der Waals surface area contributed by atoms with Gasteiger partial charge in [-0.2, -0.15) is 0 Å². The molecule has 2 aromatic rings. The van der Waals surface area contributed by atoms with E-state index in [1.54, 1.807) is 24.4 Å². The molecule has 1 aromatic carbocycles. The van der Waals surface area contributed by atoms with Crippen molar-refractivity contribution in [2.75, 3.05) is 19.7 Å². The normalized spacial score (nSPS) is 19.6. The monoisotopic (exact) mass is 338 g/mol. The molecular formula is C16H16Cl2N2O2. The van der Waals surface area contributed by atoms with Crippen molar-refractivity contribution >= 4 is 23.2 Å². The summed E-state index contributed by atoms with van der Waals surface area (Å²) >= 11 is 12.3. The van der Waals surface area contributed by atoms with Gasteiger partial charge in [-0.3, -0.25) is 4.98 Å². The van der Waals surface area contributed by atoms with Gasteiger partial charge in [0, 0.05) is 19.3 Å². The van der Waals surface area contributed by atoms with E-state index in [0.717, 1.165) is 12.2 Å². The summed E-state index contributed by atoms with van der Waals surface area (Å²) in [4.78, 5) is 4.39. The van der Waals surface area contributed by atoms with Gasteiger partial charge in [0.1, 0.15) is 16.9 Å². The largest absolute Gasteiger partial charge is 0.480 e. The molecule has 1 aromatic heterocycles. The molecule has 0 aliphatic carbocycles. The molecule has 116 valence electrons. The van der Waals surface area contributed by atoms with Crippen LogP contribution in [0.4, 0.5) is 0 Å². The molecule has 0 radical (unpaired) electrons. The molecule has 2 atom stereocenters. The molecule has 2 unspecified atom stereocenters. The highest BCUT2D eigenvalue weighted by molar-refractivity contribution is 6.42. The number of hydrogen-bond acceptors (Lipinski definition) is 4. The number of nitrogens with zero attached hydrogens (tertiary/aromatic N) is 1. The highest BCUT2D eigenvalue weighted by Gasteiger charge is 2.29. The predicted octanol–water partition coefficient (Wildman–Crippen LogP) is 3.50. The summed E-state index contributed by atoms with van der Waals surface area (Å²) < 4.78 is 11.9. The van der Waals surface area contributed by atoms with Crippen LogP contribution in [0.2, 0.25) is 10.0 Å². The van der Waals surface area contributed by atoms with Crippen LogP contribution in [0.3, 0.4) is 0 Å². The third kappa shape index (κ3) is 3.52. The summed E-state index contributed by atoms with van der Waals surface area (Å²) in [6.45, 7) is 2.17. The number of nitrogens with one attached hydrogen (secondary N) is 1. The maximum absolute atomic E-state index is 6.23. The van der Waals surface area contributed by atoms with Gasteiger partial charge in [-0.1, -0.05) is 35.3 Å². The Bertz CT molecular complexity index is 619. The van der Waals surface area contributed by atoms with Gasteiger partial charge in [-0.15, -0.1) is 0 Å². The minimum absolute atomic E-state index is 0.140. The second-order valence-electron chi connectivity index (χ2n) is 4.96. The second-order valence-corrected chi connectivity index (χ2v) is 5.74. The van der Waals surface area contributed by atoms with Gasteiger partial charge in [-0.25, -0.2) is 0 Å². The molecule has 1 fully saturated rings. The molecule has 0 saturated carbocycles. The Morgan fingerprint density at radius 2 is 2.14 bits per heavy atom. The van der Waals surface area contributed by atoms with Gasteiger partial charge < -0.3 is 14.8 Å². The lowest BCUT2D eigenvalue weighted by atomic mass is 10.1. The minimum atomic E-state index is -0.357. The quantitative estimate of drug-likeness (QED) is 0.926. The second kappa shape index (κ2) is 7.29. The van der Waals surface area contributed by atoms with Crippen LogP contribution in [0.5, 0.6) is 5.75 Å². The Hall–Kier alpha value is -1.33. The fourth-order valence-electron chi connectivity index (χ4n) is 2.36. The summed E-state index contributed by atoms with van der Waals surface area (Å²) in [6, 6.07) is 11.0. The summed E-state index contributed by atoms with van der Waals surface area (Å²) in [7, 11) is 0. The number of hydrogen-bond donors (Lipinski definition) is 1. The third-order valence-corrected chi connectivity index (χ3v) is 4.24. The Labute approximate surface area is 139 Å². The zero-order chi connectivity index (χ0) is 15.4. The van der Waals surface area contributed by atoms with Crippen LogP contribution in [-0.4, -0.2) is 30.8 Å². The molecule has 0 amide bonds. The van der Waals surface area contributed by atoms with E-state index in [9.17, 15) is 0 Å². The average Bonchev–Trinajstić information content (AvgIpc) is 2.58. The van der Waals surface area contributed by atoms with Crippen molar-refractivity contribution in [1.82, 2.24) is 10.3 Å². The molecular weight excluding hydrogens is 323 g/mol. The maximum atomic E-state index is 6.23. The fraction of sp³-hybridized carbons (Fsp3) is 0.312. The molecule has 1 N–H and O–H groups in total. The number of morpholine rings is 1. The van der Waals surface area contributed by atoms with Crippen LogP contribution in [0, 0.1) is 0 Å². The van der Waals surface area contributed by atoms with E-state index in [0.29, 0.717) is 28.9 Å². The Morgan fingerprint density at radius 1 is 1.23 bits per heavy atom. The zero-order valence-electron chi connectivity index (χ0n) is 11.8. The van der Waals surface area contributed by atoms with Gasteiger partial charge in [0.05, 0.1) is 17.3 Å². The predicted molar refractivity (Wildman–Crippen MR) is 86.7 cm³/mol. The number of benzene rings is 1. The Morgan fingerprint density at radius 3 is 2.86 bits per heavy atom. The molecule has 1 aliphatic heterocycles. The van der Waals surface area contributed by atoms with Gasteiger partial charge in [0.2, 0.25) is 0 Å². The van der Waals surface area contributed by atoms with Crippen LogP contribution < -0.4 is 10.1 Å². The zero-order valence-corrected chi connectivity index (χ0v) is 13.3. The molecule has 0 bridgehead atoms. The number of ether oxygens (including phenoxy) is 2. The molecule has 1 saturated heterocycles. The highest BCUT2D eigenvalue weighted by atomic mass is 35.5. The first-order chi connectivity index (χ1) is 10.8. The van der Waals surface area contributed by atoms with Crippen molar-refractivity contribution in [3.05, 3.63) is 58.3 Å². The summed E-state index contributed by atoms with van der Waals surface area (Å²) in [5.74, 6) is 0.527. The molecule has 6 heteroatoms. The lowest BCUT2D eigenvalue weighted by Crippen LogP contribution is -2.43. The van der Waals surface area contributed by atoms with Crippen molar-refractivity contribution in [3.8, 4) is 5.75 Å². The third-order valence-electron chi connectivity index (χ3n) is 3.44. The first-order valence-electron chi connectivity index (χ1n) is 7.09. The van der Waals surface area contributed by atoms with Crippen LogP contribution in [0.1, 0.15) is 11.8 Å². The lowest BCUT2D eigenvalue weighted by Gasteiger charge is -2.31. The van der Waals surface area contributed by atoms with Crippen molar-refractivity contribution < 1.29 is 9.47 Å². The molecule has 3 rings (SSSR count). The van der Waals surface area contributed by atoms with E-state index in [1.807, 2.05) is 18.2 Å². The number of rotatable bonds is 4. The number of halogens is 2. The molecule has 22 heavy (non-hydrogen) atoms. The van der Waals surface area contributed by atoms with Gasteiger partial charge >= 0.3 is 0 Å². The van der Waals surface area contributed by atoms with E-state index in [-0.39, 0.29) is 12.2 Å². The van der Waals surface area contributed by atoms with Gasteiger partial charge in [0.15, 0.2) is 6.10 Å². The van der Waals surface area contributed by atoms with Crippen LogP contribution >= 0.6 is 23.2 Å². The standard InChI is InChI=1S/C16H16Cl2N2O2/c17-11-4-3-6-13(15(11)18)22-16(12-5-1-2-7-20-12)14-10-19-8-9-21-14/h1-7,14,16,19H,8-10H2. The highest BCUT2D eigenvalue weighted by Crippen LogP contribution is 2.35. The summed E-state index contributed by atoms with van der Waals surface area (Å²) in [5.41, 5.74) is 0.798. The molecule has 2 heterocycles. The fourth-order valence-corrected chi connectivity index (χ4v) is 2.70. The van der Waals surface area contributed by atoms with Crippen molar-refractivity contribution in [2.45, 2.75) is 12.2 Å². The number of aromatic nitrogens is 1. The van der Waals surface area contributed by atoms with Crippen molar-refractivity contribution in [3.63, 3.8) is 0 Å². The first kappa shape index (κ1) is 15.6. The van der Waals surface area contributed by atoms with Crippen LogP contribution in [-0.2, 0) is 4.74 Å². The summed E-state index contributed by atoms with van der Waals surface area (Å²) in [6.07, 6.45) is 1.24. The lowest BCUT2D eigenvalue weighted by molar-refractivity contribution is -0.0446. The SMILES string of the molecule is Clc1cccc(OC(c2ccccn2)C2CNCCO2)c1Cl. The molecule has 4 nitrogen and oxygen atoms in total. The van der Waals surface area contributed by atoms with Gasteiger partial charge in [-0.05, 0) is 24.3 Å². The number of pyridine rings is 1. The summed E-state index contributed by atoms with van der Waals surface area (Å²) in [5, 5.41) is 4.16. The van der Waals surface area contributed by atoms with E-state index < -0.39 is 0 Å². The van der Waals surface area contributed by atoms with E-state index in [1.165, 1.54) is 0 Å². The van der Waals surface area contributed by atoms with E-state index in [4.69, 9.17) is 32.7 Å². The average molecular weight is 339 g/mol. The van der Waals surface area contributed by atoms with E-state index in [2.05, 4.69) is 10.3 Å². The first-order valence-corrected chi connectivity index (χ1v) is 7.85. The molecule has 0 spiro atoms. The van der Waals surface area contributed by atoms with E-state index >= 15 is 0 Å². The van der Waals surface area contributed by atoms with Crippen LogP contribution in [0.25, 0.3) is 0 Å². The topological polar surface area (TPSA) is 43.4 Å².